The quantitative estimate of drug-likeness (QED) is 0.183. The summed E-state index contributed by atoms with van der Waals surface area (Å²) in [6.07, 6.45) is 8.05. The molecule has 170 valence electrons. The lowest BCUT2D eigenvalue weighted by Gasteiger charge is -2.21. The van der Waals surface area contributed by atoms with Gasteiger partial charge in [-0.2, -0.15) is 0 Å². The van der Waals surface area contributed by atoms with Crippen LogP contribution in [0.4, 0.5) is 5.69 Å². The van der Waals surface area contributed by atoms with Crippen LogP contribution in [0, 0.1) is 0 Å². The molecular formula is C26H28N4O3. The van der Waals surface area contributed by atoms with Crippen LogP contribution in [0.25, 0.3) is 17.0 Å². The Labute approximate surface area is 192 Å². The average Bonchev–Trinajstić information content (AvgIpc) is 2.86. The van der Waals surface area contributed by atoms with Crippen molar-refractivity contribution in [1.82, 2.24) is 15.8 Å². The first-order chi connectivity index (χ1) is 16.2. The van der Waals surface area contributed by atoms with Gasteiger partial charge in [-0.3, -0.25) is 19.8 Å². The summed E-state index contributed by atoms with van der Waals surface area (Å²) < 4.78 is 0. The number of carbonyl (C=O) groups excluding carboxylic acids is 2. The van der Waals surface area contributed by atoms with Gasteiger partial charge in [0.2, 0.25) is 0 Å². The minimum atomic E-state index is -0.606. The standard InChI is InChI=1S/C26H28N4O3/c31-24(30-33)15-12-18-10-13-19(14-11-18)26(32)28-17-5-16-27-25-20-6-1-3-8-22(20)29-23-9-4-2-7-21(23)25/h1,3,6,8,10-15,33H,2,4-5,7,9,16-17H2,(H,27,29)(H,28,32)(H,30,31)/b15-12+. The van der Waals surface area contributed by atoms with Crippen molar-refractivity contribution in [3.8, 4) is 0 Å². The van der Waals surface area contributed by atoms with Gasteiger partial charge in [-0.15, -0.1) is 0 Å². The van der Waals surface area contributed by atoms with Crippen LogP contribution in [0.15, 0.2) is 54.6 Å². The van der Waals surface area contributed by atoms with Crippen LogP contribution < -0.4 is 16.1 Å². The fourth-order valence-corrected chi connectivity index (χ4v) is 4.14. The Balaban J connectivity index is 1.30. The number of pyridine rings is 1. The van der Waals surface area contributed by atoms with Crippen LogP contribution in [0.1, 0.15) is 46.4 Å². The molecule has 3 aromatic rings. The van der Waals surface area contributed by atoms with E-state index < -0.39 is 5.91 Å². The molecule has 0 radical (unpaired) electrons. The van der Waals surface area contributed by atoms with Crippen molar-refractivity contribution in [2.45, 2.75) is 32.1 Å². The van der Waals surface area contributed by atoms with E-state index in [0.29, 0.717) is 12.1 Å². The van der Waals surface area contributed by atoms with Gasteiger partial charge in [0.15, 0.2) is 0 Å². The largest absolute Gasteiger partial charge is 0.384 e. The SMILES string of the molecule is O=C(/C=C/c1ccc(C(=O)NCCCNc2c3c(nc4ccccc24)CCCC3)cc1)NO. The van der Waals surface area contributed by atoms with Crippen molar-refractivity contribution < 1.29 is 14.8 Å². The third kappa shape index (κ3) is 5.56. The Morgan fingerprint density at radius 2 is 1.79 bits per heavy atom. The van der Waals surface area contributed by atoms with Gasteiger partial charge in [-0.05, 0) is 67.5 Å². The van der Waals surface area contributed by atoms with Crippen LogP contribution in [0.2, 0.25) is 0 Å². The Hall–Kier alpha value is -3.71. The Bertz CT molecular complexity index is 1170. The molecule has 0 saturated heterocycles. The predicted octanol–water partition coefficient (Wildman–Crippen LogP) is 3.86. The summed E-state index contributed by atoms with van der Waals surface area (Å²) in [5, 5.41) is 16.2. The second-order valence-corrected chi connectivity index (χ2v) is 8.10. The van der Waals surface area contributed by atoms with Crippen molar-refractivity contribution in [3.05, 3.63) is 77.0 Å². The molecule has 0 atom stereocenters. The summed E-state index contributed by atoms with van der Waals surface area (Å²) in [5.74, 6) is -0.740. The summed E-state index contributed by atoms with van der Waals surface area (Å²) in [7, 11) is 0. The van der Waals surface area contributed by atoms with Crippen LogP contribution >= 0.6 is 0 Å². The van der Waals surface area contributed by atoms with E-state index >= 15 is 0 Å². The molecule has 0 unspecified atom stereocenters. The van der Waals surface area contributed by atoms with Crippen molar-refractivity contribution >= 4 is 34.5 Å². The molecule has 1 aliphatic rings. The molecule has 0 bridgehead atoms. The van der Waals surface area contributed by atoms with E-state index in [1.165, 1.54) is 41.3 Å². The van der Waals surface area contributed by atoms with Gasteiger partial charge >= 0.3 is 0 Å². The molecule has 1 heterocycles. The van der Waals surface area contributed by atoms with Crippen LogP contribution in [-0.2, 0) is 17.6 Å². The van der Waals surface area contributed by atoms with E-state index in [4.69, 9.17) is 10.2 Å². The van der Waals surface area contributed by atoms with E-state index in [1.54, 1.807) is 30.3 Å². The van der Waals surface area contributed by atoms with Gasteiger partial charge in [0.25, 0.3) is 11.8 Å². The van der Waals surface area contributed by atoms with E-state index in [2.05, 4.69) is 22.8 Å². The van der Waals surface area contributed by atoms with Gasteiger partial charge in [-0.25, -0.2) is 5.48 Å². The topological polar surface area (TPSA) is 103 Å². The first kappa shape index (κ1) is 22.5. The number of aryl methyl sites for hydroxylation is 1. The van der Waals surface area contributed by atoms with E-state index in [9.17, 15) is 9.59 Å². The number of anilines is 1. The number of para-hydroxylation sites is 1. The summed E-state index contributed by atoms with van der Waals surface area (Å²) in [6, 6.07) is 15.2. The molecule has 0 fully saturated rings. The van der Waals surface area contributed by atoms with Gasteiger partial charge in [0.05, 0.1) is 5.52 Å². The van der Waals surface area contributed by atoms with Crippen molar-refractivity contribution in [2.75, 3.05) is 18.4 Å². The zero-order chi connectivity index (χ0) is 23.0. The Kier molecular flexibility index (Phi) is 7.32. The third-order valence-corrected chi connectivity index (χ3v) is 5.82. The number of nitrogens with one attached hydrogen (secondary N) is 3. The predicted molar refractivity (Wildman–Crippen MR) is 129 cm³/mol. The zero-order valence-electron chi connectivity index (χ0n) is 18.4. The van der Waals surface area contributed by atoms with Gasteiger partial charge in [-0.1, -0.05) is 30.3 Å². The highest BCUT2D eigenvalue weighted by atomic mass is 16.5. The first-order valence-corrected chi connectivity index (χ1v) is 11.3. The number of hydrogen-bond donors (Lipinski definition) is 4. The van der Waals surface area contributed by atoms with Crippen molar-refractivity contribution in [2.24, 2.45) is 0 Å². The van der Waals surface area contributed by atoms with Gasteiger partial charge < -0.3 is 10.6 Å². The maximum absolute atomic E-state index is 12.4. The highest BCUT2D eigenvalue weighted by molar-refractivity contribution is 5.95. The second kappa shape index (κ2) is 10.7. The molecular weight excluding hydrogens is 416 g/mol. The van der Waals surface area contributed by atoms with Crippen molar-refractivity contribution in [3.63, 3.8) is 0 Å². The number of aromatic nitrogens is 1. The number of hydroxylamine groups is 1. The summed E-state index contributed by atoms with van der Waals surface area (Å²) in [6.45, 7) is 1.33. The number of benzene rings is 2. The fourth-order valence-electron chi connectivity index (χ4n) is 4.14. The number of carbonyl (C=O) groups is 2. The smallest absolute Gasteiger partial charge is 0.267 e. The molecule has 4 rings (SSSR count). The lowest BCUT2D eigenvalue weighted by atomic mass is 9.92. The van der Waals surface area contributed by atoms with Crippen molar-refractivity contribution in [1.29, 1.82) is 0 Å². The monoisotopic (exact) mass is 444 g/mol. The molecule has 2 aromatic carbocycles. The van der Waals surface area contributed by atoms with Crippen LogP contribution in [0.3, 0.4) is 0 Å². The lowest BCUT2D eigenvalue weighted by Crippen LogP contribution is -2.26. The zero-order valence-corrected chi connectivity index (χ0v) is 18.4. The number of hydrogen-bond acceptors (Lipinski definition) is 5. The first-order valence-electron chi connectivity index (χ1n) is 11.3. The van der Waals surface area contributed by atoms with E-state index in [1.807, 2.05) is 12.1 Å². The molecule has 0 spiro atoms. The number of rotatable bonds is 8. The highest BCUT2D eigenvalue weighted by Crippen LogP contribution is 2.33. The number of nitrogens with zero attached hydrogens (tertiary/aromatic N) is 1. The maximum Gasteiger partial charge on any atom is 0.267 e. The lowest BCUT2D eigenvalue weighted by molar-refractivity contribution is -0.124. The second-order valence-electron chi connectivity index (χ2n) is 8.10. The Morgan fingerprint density at radius 3 is 2.61 bits per heavy atom. The number of amides is 2. The molecule has 2 amide bonds. The fraction of sp³-hybridized carbons (Fsp3) is 0.269. The number of fused-ring (bicyclic) bond motifs is 2. The Morgan fingerprint density at radius 1 is 1.00 bits per heavy atom. The molecule has 7 heteroatoms. The van der Waals surface area contributed by atoms with E-state index in [0.717, 1.165) is 42.3 Å². The molecule has 0 saturated carbocycles. The third-order valence-electron chi connectivity index (χ3n) is 5.82. The van der Waals surface area contributed by atoms with Gasteiger partial charge in [0.1, 0.15) is 0 Å². The summed E-state index contributed by atoms with van der Waals surface area (Å²) in [4.78, 5) is 28.3. The normalized spacial score (nSPS) is 13.0. The van der Waals surface area contributed by atoms with Crippen LogP contribution in [-0.4, -0.2) is 35.1 Å². The molecule has 0 aliphatic heterocycles. The molecule has 4 N–H and O–H groups in total. The maximum atomic E-state index is 12.4. The average molecular weight is 445 g/mol. The molecule has 7 nitrogen and oxygen atoms in total. The minimum Gasteiger partial charge on any atom is -0.384 e. The summed E-state index contributed by atoms with van der Waals surface area (Å²) >= 11 is 0. The van der Waals surface area contributed by atoms with Crippen LogP contribution in [0.5, 0.6) is 0 Å². The minimum absolute atomic E-state index is 0.134. The molecule has 1 aromatic heterocycles. The van der Waals surface area contributed by atoms with E-state index in [-0.39, 0.29) is 5.91 Å². The molecule has 33 heavy (non-hydrogen) atoms. The van der Waals surface area contributed by atoms with Gasteiger partial charge in [0, 0.05) is 41.5 Å². The molecule has 1 aliphatic carbocycles. The summed E-state index contributed by atoms with van der Waals surface area (Å²) in [5.41, 5.74) is 7.63. The highest BCUT2D eigenvalue weighted by Gasteiger charge is 2.17.